The summed E-state index contributed by atoms with van der Waals surface area (Å²) in [5.74, 6) is 0.476. The highest BCUT2D eigenvalue weighted by Crippen LogP contribution is 2.30. The van der Waals surface area contributed by atoms with Crippen LogP contribution in [0.4, 0.5) is 0 Å². The average molecular weight is 447 g/mol. The van der Waals surface area contributed by atoms with E-state index in [1.165, 1.54) is 7.11 Å². The van der Waals surface area contributed by atoms with E-state index in [0.29, 0.717) is 33.6 Å². The predicted molar refractivity (Wildman–Crippen MR) is 124 cm³/mol. The summed E-state index contributed by atoms with van der Waals surface area (Å²) in [4.78, 5) is 30.8. The maximum Gasteiger partial charge on any atom is 0.333 e. The zero-order chi connectivity index (χ0) is 23.7. The van der Waals surface area contributed by atoms with Crippen molar-refractivity contribution in [2.75, 3.05) is 7.11 Å². The molecule has 0 saturated heterocycles. The Morgan fingerprint density at radius 3 is 2.45 bits per heavy atom. The predicted octanol–water partition coefficient (Wildman–Crippen LogP) is 4.53. The van der Waals surface area contributed by atoms with Crippen molar-refractivity contribution in [2.24, 2.45) is 0 Å². The van der Waals surface area contributed by atoms with Gasteiger partial charge in [0.2, 0.25) is 0 Å². The molecule has 3 aromatic heterocycles. The highest BCUT2D eigenvalue weighted by atomic mass is 16.5. The molecule has 1 aromatic carbocycles. The van der Waals surface area contributed by atoms with E-state index in [1.807, 2.05) is 39.8 Å². The molecule has 1 amide bonds. The second-order valence-electron chi connectivity index (χ2n) is 8.14. The molecule has 1 N–H and O–H groups in total. The Bertz CT molecular complexity index is 1320. The van der Waals surface area contributed by atoms with E-state index in [9.17, 15) is 9.59 Å². The lowest BCUT2D eigenvalue weighted by Gasteiger charge is -2.17. The fraction of sp³-hybridized carbons (Fsp3) is 0.280. The van der Waals surface area contributed by atoms with Crippen molar-refractivity contribution in [3.63, 3.8) is 0 Å². The van der Waals surface area contributed by atoms with Gasteiger partial charge >= 0.3 is 5.97 Å². The summed E-state index contributed by atoms with van der Waals surface area (Å²) in [6, 6.07) is 11.7. The number of nitrogens with zero attached hydrogens (tertiary/aromatic N) is 3. The number of nitrogens with one attached hydrogen (secondary N) is 1. The molecule has 0 spiro atoms. The van der Waals surface area contributed by atoms with Crippen LogP contribution >= 0.6 is 0 Å². The molecule has 4 rings (SSSR count). The number of aromatic nitrogens is 3. The maximum atomic E-state index is 13.5. The molecule has 33 heavy (non-hydrogen) atoms. The molecule has 0 aliphatic heterocycles. The first-order valence-electron chi connectivity index (χ1n) is 10.7. The van der Waals surface area contributed by atoms with E-state index in [4.69, 9.17) is 14.1 Å². The summed E-state index contributed by atoms with van der Waals surface area (Å²) in [6.45, 7) is 7.71. The summed E-state index contributed by atoms with van der Waals surface area (Å²) in [6.07, 6.45) is 1.63. The van der Waals surface area contributed by atoms with Gasteiger partial charge in [0.15, 0.2) is 11.7 Å². The standard InChI is InChI=1S/C25H26N4O4/c1-14(2)29-23-20(13-26-29)19(12-21(27-23)18-11-15(3)33-16(18)4)24(30)28-22(25(31)32-5)17-9-7-6-8-10-17/h6-14,22H,1-5H3,(H,28,30). The fourth-order valence-electron chi connectivity index (χ4n) is 3.86. The molecule has 8 heteroatoms. The Balaban J connectivity index is 1.84. The van der Waals surface area contributed by atoms with Crippen LogP contribution in [0.1, 0.15) is 53.4 Å². The van der Waals surface area contributed by atoms with E-state index in [0.717, 1.165) is 11.3 Å². The second-order valence-corrected chi connectivity index (χ2v) is 8.14. The largest absolute Gasteiger partial charge is 0.467 e. The molecule has 0 bridgehead atoms. The lowest BCUT2D eigenvalue weighted by molar-refractivity contribution is -0.143. The number of furan rings is 1. The number of ether oxygens (including phenoxy) is 1. The lowest BCUT2D eigenvalue weighted by Crippen LogP contribution is -2.34. The topological polar surface area (TPSA) is 99.2 Å². The fourth-order valence-corrected chi connectivity index (χ4v) is 3.86. The van der Waals surface area contributed by atoms with Crippen molar-refractivity contribution < 1.29 is 18.7 Å². The number of esters is 1. The number of hydrogen-bond donors (Lipinski definition) is 1. The molecule has 0 aliphatic rings. The minimum atomic E-state index is -0.951. The van der Waals surface area contributed by atoms with Crippen LogP contribution in [-0.4, -0.2) is 33.8 Å². The Kier molecular flexibility index (Phi) is 6.00. The number of hydrogen-bond acceptors (Lipinski definition) is 6. The van der Waals surface area contributed by atoms with Gasteiger partial charge in [-0.2, -0.15) is 5.10 Å². The van der Waals surface area contributed by atoms with Crippen molar-refractivity contribution in [1.82, 2.24) is 20.1 Å². The number of methoxy groups -OCH3 is 1. The van der Waals surface area contributed by atoms with E-state index in [2.05, 4.69) is 10.4 Å². The molecule has 1 atom stereocenters. The summed E-state index contributed by atoms with van der Waals surface area (Å²) in [5, 5.41) is 7.87. The number of amides is 1. The number of carbonyl (C=O) groups is 2. The van der Waals surface area contributed by atoms with Crippen LogP contribution in [-0.2, 0) is 9.53 Å². The van der Waals surface area contributed by atoms with Crippen LogP contribution < -0.4 is 5.32 Å². The first kappa shape index (κ1) is 22.3. The number of fused-ring (bicyclic) bond motifs is 1. The van der Waals surface area contributed by atoms with Crippen molar-refractivity contribution in [1.29, 1.82) is 0 Å². The highest BCUT2D eigenvalue weighted by molar-refractivity contribution is 6.07. The second kappa shape index (κ2) is 8.90. The molecule has 8 nitrogen and oxygen atoms in total. The Hall–Kier alpha value is -3.94. The molecule has 170 valence electrons. The van der Waals surface area contributed by atoms with Crippen molar-refractivity contribution in [2.45, 2.75) is 39.8 Å². The van der Waals surface area contributed by atoms with Gasteiger partial charge in [0, 0.05) is 11.6 Å². The monoisotopic (exact) mass is 446 g/mol. The first-order valence-corrected chi connectivity index (χ1v) is 10.7. The number of carbonyl (C=O) groups excluding carboxylic acids is 2. The zero-order valence-corrected chi connectivity index (χ0v) is 19.2. The molecule has 0 saturated carbocycles. The molecule has 0 radical (unpaired) electrons. The van der Waals surface area contributed by atoms with E-state index in [1.54, 1.807) is 41.2 Å². The van der Waals surface area contributed by atoms with Crippen LogP contribution in [0.2, 0.25) is 0 Å². The molecular weight excluding hydrogens is 420 g/mol. The summed E-state index contributed by atoms with van der Waals surface area (Å²) >= 11 is 0. The van der Waals surface area contributed by atoms with Gasteiger partial charge in [-0.05, 0) is 45.4 Å². The third kappa shape index (κ3) is 4.24. The molecule has 1 unspecified atom stereocenters. The third-order valence-electron chi connectivity index (χ3n) is 5.46. The van der Waals surface area contributed by atoms with Gasteiger partial charge in [0.1, 0.15) is 11.5 Å². The van der Waals surface area contributed by atoms with Crippen LogP contribution in [0.25, 0.3) is 22.3 Å². The van der Waals surface area contributed by atoms with Crippen LogP contribution in [0.5, 0.6) is 0 Å². The van der Waals surface area contributed by atoms with Crippen LogP contribution in [0.15, 0.2) is 53.1 Å². The average Bonchev–Trinajstić information content (AvgIpc) is 3.39. The van der Waals surface area contributed by atoms with Gasteiger partial charge < -0.3 is 14.5 Å². The van der Waals surface area contributed by atoms with Gasteiger partial charge in [-0.3, -0.25) is 4.79 Å². The third-order valence-corrected chi connectivity index (χ3v) is 5.46. The Morgan fingerprint density at radius 2 is 1.85 bits per heavy atom. The van der Waals surface area contributed by atoms with Gasteiger partial charge in [-0.1, -0.05) is 30.3 Å². The lowest BCUT2D eigenvalue weighted by atomic mass is 10.0. The van der Waals surface area contributed by atoms with E-state index in [-0.39, 0.29) is 6.04 Å². The quantitative estimate of drug-likeness (QED) is 0.437. The SMILES string of the molecule is COC(=O)C(NC(=O)c1cc(-c2cc(C)oc2C)nc2c1cnn2C(C)C)c1ccccc1. The molecule has 3 heterocycles. The molecule has 0 fully saturated rings. The maximum absolute atomic E-state index is 13.5. The van der Waals surface area contributed by atoms with Gasteiger partial charge in [-0.15, -0.1) is 0 Å². The normalized spacial score (nSPS) is 12.2. The van der Waals surface area contributed by atoms with Gasteiger partial charge in [-0.25, -0.2) is 14.5 Å². The summed E-state index contributed by atoms with van der Waals surface area (Å²) < 4.78 is 12.4. The zero-order valence-electron chi connectivity index (χ0n) is 19.2. The van der Waals surface area contributed by atoms with Gasteiger partial charge in [0.25, 0.3) is 5.91 Å². The summed E-state index contributed by atoms with van der Waals surface area (Å²) in [5.41, 5.74) is 2.97. The smallest absolute Gasteiger partial charge is 0.333 e. The van der Waals surface area contributed by atoms with Crippen molar-refractivity contribution in [3.05, 3.63) is 71.3 Å². The Labute approximate surface area is 191 Å². The van der Waals surface area contributed by atoms with Crippen LogP contribution in [0.3, 0.4) is 0 Å². The number of pyridine rings is 1. The van der Waals surface area contributed by atoms with Gasteiger partial charge in [0.05, 0.1) is 30.0 Å². The van der Waals surface area contributed by atoms with Crippen LogP contribution in [0, 0.1) is 13.8 Å². The summed E-state index contributed by atoms with van der Waals surface area (Å²) in [7, 11) is 1.30. The number of rotatable bonds is 6. The minimum Gasteiger partial charge on any atom is -0.467 e. The number of benzene rings is 1. The van der Waals surface area contributed by atoms with E-state index < -0.39 is 17.9 Å². The first-order chi connectivity index (χ1) is 15.8. The molecule has 4 aromatic rings. The van der Waals surface area contributed by atoms with E-state index >= 15 is 0 Å². The molecular formula is C25H26N4O4. The molecule has 0 aliphatic carbocycles. The van der Waals surface area contributed by atoms with Crippen molar-refractivity contribution in [3.8, 4) is 11.3 Å². The Morgan fingerprint density at radius 1 is 1.12 bits per heavy atom. The number of aryl methyl sites for hydroxylation is 2. The minimum absolute atomic E-state index is 0.0421. The highest BCUT2D eigenvalue weighted by Gasteiger charge is 2.26. The van der Waals surface area contributed by atoms with Crippen molar-refractivity contribution >= 4 is 22.9 Å².